The van der Waals surface area contributed by atoms with Crippen LogP contribution in [0.5, 0.6) is 5.75 Å². The van der Waals surface area contributed by atoms with Crippen molar-refractivity contribution in [2.75, 3.05) is 10.6 Å². The van der Waals surface area contributed by atoms with E-state index in [2.05, 4.69) is 10.6 Å². The molecule has 2 N–H and O–H groups in total. The predicted molar refractivity (Wildman–Crippen MR) is 68.7 cm³/mol. The summed E-state index contributed by atoms with van der Waals surface area (Å²) in [7, 11) is 0. The highest BCUT2D eigenvalue weighted by Crippen LogP contribution is 2.38. The number of benzene rings is 1. The molecule has 0 unspecified atom stereocenters. The summed E-state index contributed by atoms with van der Waals surface area (Å²) in [5, 5.41) is 5.50. The van der Waals surface area contributed by atoms with E-state index >= 15 is 0 Å². The average molecular weight is 248 g/mol. The van der Waals surface area contributed by atoms with Crippen LogP contribution in [0.15, 0.2) is 18.2 Å². The van der Waals surface area contributed by atoms with Gasteiger partial charge in [0.25, 0.3) is 5.91 Å². The fourth-order valence-electron chi connectivity index (χ4n) is 1.67. The lowest BCUT2D eigenvalue weighted by molar-refractivity contribution is -0.129. The van der Waals surface area contributed by atoms with E-state index in [9.17, 15) is 9.59 Å². The molecule has 2 amide bonds. The molecule has 5 nitrogen and oxygen atoms in total. The molecule has 1 aromatic carbocycles. The van der Waals surface area contributed by atoms with Crippen molar-refractivity contribution >= 4 is 23.2 Å². The number of rotatable bonds is 2. The largest absolute Gasteiger partial charge is 0.476 e. The van der Waals surface area contributed by atoms with Gasteiger partial charge < -0.3 is 15.4 Å². The SMILES string of the molecule is CCC(=O)Nc1cccc2c1NC(=O)C(C)(C)O2. The second kappa shape index (κ2) is 4.33. The van der Waals surface area contributed by atoms with Crippen LogP contribution in [0.3, 0.4) is 0 Å². The van der Waals surface area contributed by atoms with Gasteiger partial charge in [0.2, 0.25) is 5.91 Å². The monoisotopic (exact) mass is 248 g/mol. The number of carbonyl (C=O) groups is 2. The van der Waals surface area contributed by atoms with Crippen LogP contribution in [-0.2, 0) is 9.59 Å². The number of hydrogen-bond acceptors (Lipinski definition) is 3. The molecule has 0 radical (unpaired) electrons. The molecule has 18 heavy (non-hydrogen) atoms. The smallest absolute Gasteiger partial charge is 0.268 e. The minimum absolute atomic E-state index is 0.109. The standard InChI is InChI=1S/C13H16N2O3/c1-4-10(16)14-8-6-5-7-9-11(8)15-12(17)13(2,3)18-9/h5-7H,4H2,1-3H3,(H,14,16)(H,15,17). The zero-order chi connectivity index (χ0) is 13.3. The Labute approximate surface area is 106 Å². The van der Waals surface area contributed by atoms with Crippen LogP contribution in [0.1, 0.15) is 27.2 Å². The van der Waals surface area contributed by atoms with Gasteiger partial charge in [-0.15, -0.1) is 0 Å². The third-order valence-electron chi connectivity index (χ3n) is 2.77. The summed E-state index contributed by atoms with van der Waals surface area (Å²) in [4.78, 5) is 23.2. The Bertz CT molecular complexity index is 509. The second-order valence-electron chi connectivity index (χ2n) is 4.65. The minimum Gasteiger partial charge on any atom is -0.476 e. The van der Waals surface area contributed by atoms with Crippen LogP contribution in [0.2, 0.25) is 0 Å². The van der Waals surface area contributed by atoms with Crippen LogP contribution < -0.4 is 15.4 Å². The van der Waals surface area contributed by atoms with Crippen molar-refractivity contribution in [1.82, 2.24) is 0 Å². The average Bonchev–Trinajstić information content (AvgIpc) is 2.31. The molecule has 1 aliphatic heterocycles. The Kier molecular flexibility index (Phi) is 2.98. The van der Waals surface area contributed by atoms with Crippen molar-refractivity contribution in [2.24, 2.45) is 0 Å². The molecule has 0 aromatic heterocycles. The molecule has 0 saturated heterocycles. The molecule has 2 rings (SSSR count). The van der Waals surface area contributed by atoms with Crippen molar-refractivity contribution in [1.29, 1.82) is 0 Å². The summed E-state index contributed by atoms with van der Waals surface area (Å²) >= 11 is 0. The van der Waals surface area contributed by atoms with Crippen LogP contribution >= 0.6 is 0 Å². The van der Waals surface area contributed by atoms with Crippen molar-refractivity contribution in [3.8, 4) is 5.75 Å². The van der Waals surface area contributed by atoms with E-state index in [0.29, 0.717) is 23.5 Å². The molecule has 1 aliphatic rings. The summed E-state index contributed by atoms with van der Waals surface area (Å²) in [5.41, 5.74) is 0.173. The summed E-state index contributed by atoms with van der Waals surface area (Å²) in [6.45, 7) is 5.16. The molecule has 0 aliphatic carbocycles. The molecular weight excluding hydrogens is 232 g/mol. The van der Waals surface area contributed by atoms with Crippen molar-refractivity contribution < 1.29 is 14.3 Å². The lowest BCUT2D eigenvalue weighted by Gasteiger charge is -2.32. The second-order valence-corrected chi connectivity index (χ2v) is 4.65. The summed E-state index contributed by atoms with van der Waals surface area (Å²) < 4.78 is 5.62. The molecule has 0 spiro atoms. The number of carbonyl (C=O) groups excluding carboxylic acids is 2. The maximum Gasteiger partial charge on any atom is 0.268 e. The van der Waals surface area contributed by atoms with E-state index in [1.807, 2.05) is 0 Å². The fourth-order valence-corrected chi connectivity index (χ4v) is 1.67. The first-order valence-electron chi connectivity index (χ1n) is 5.87. The molecule has 0 atom stereocenters. The van der Waals surface area contributed by atoms with Gasteiger partial charge in [0.1, 0.15) is 11.4 Å². The number of ether oxygens (including phenoxy) is 1. The van der Waals surface area contributed by atoms with Gasteiger partial charge in [-0.25, -0.2) is 0 Å². The van der Waals surface area contributed by atoms with E-state index < -0.39 is 5.60 Å². The molecule has 96 valence electrons. The number of hydrogen-bond donors (Lipinski definition) is 2. The van der Waals surface area contributed by atoms with E-state index in [1.165, 1.54) is 0 Å². The lowest BCUT2D eigenvalue weighted by atomic mass is 10.1. The lowest BCUT2D eigenvalue weighted by Crippen LogP contribution is -2.45. The number of amides is 2. The Morgan fingerprint density at radius 3 is 2.83 bits per heavy atom. The number of nitrogens with one attached hydrogen (secondary N) is 2. The molecule has 0 fully saturated rings. The normalized spacial score (nSPS) is 16.3. The van der Waals surface area contributed by atoms with Crippen LogP contribution in [-0.4, -0.2) is 17.4 Å². The third-order valence-corrected chi connectivity index (χ3v) is 2.77. The van der Waals surface area contributed by atoms with Crippen LogP contribution in [0.4, 0.5) is 11.4 Å². The molecular formula is C13H16N2O3. The first-order chi connectivity index (χ1) is 8.44. The third kappa shape index (κ3) is 2.16. The highest BCUT2D eigenvalue weighted by molar-refractivity contribution is 6.05. The van der Waals surface area contributed by atoms with Crippen LogP contribution in [0.25, 0.3) is 0 Å². The number of anilines is 2. The fraction of sp³-hybridized carbons (Fsp3) is 0.385. The first kappa shape index (κ1) is 12.4. The zero-order valence-electron chi connectivity index (χ0n) is 10.7. The minimum atomic E-state index is -0.902. The van der Waals surface area contributed by atoms with E-state index in [0.717, 1.165) is 0 Å². The Balaban J connectivity index is 2.37. The van der Waals surface area contributed by atoms with Crippen molar-refractivity contribution in [2.45, 2.75) is 32.8 Å². The molecule has 1 aromatic rings. The topological polar surface area (TPSA) is 67.4 Å². The first-order valence-corrected chi connectivity index (χ1v) is 5.87. The van der Waals surface area contributed by atoms with Gasteiger partial charge in [-0.3, -0.25) is 9.59 Å². The summed E-state index contributed by atoms with van der Waals surface area (Å²) in [6.07, 6.45) is 0.379. The van der Waals surface area contributed by atoms with Gasteiger partial charge >= 0.3 is 0 Å². The van der Waals surface area contributed by atoms with Gasteiger partial charge in [0, 0.05) is 6.42 Å². The Morgan fingerprint density at radius 1 is 1.44 bits per heavy atom. The molecule has 0 bridgehead atoms. The van der Waals surface area contributed by atoms with Gasteiger partial charge in [-0.1, -0.05) is 13.0 Å². The van der Waals surface area contributed by atoms with E-state index in [4.69, 9.17) is 4.74 Å². The number of para-hydroxylation sites is 1. The number of fused-ring (bicyclic) bond motifs is 1. The molecule has 1 heterocycles. The molecule has 0 saturated carbocycles. The quantitative estimate of drug-likeness (QED) is 0.842. The van der Waals surface area contributed by atoms with Gasteiger partial charge in [-0.2, -0.15) is 0 Å². The van der Waals surface area contributed by atoms with Crippen molar-refractivity contribution in [3.63, 3.8) is 0 Å². The van der Waals surface area contributed by atoms with Gasteiger partial charge in [-0.05, 0) is 26.0 Å². The Hall–Kier alpha value is -2.04. The van der Waals surface area contributed by atoms with Gasteiger partial charge in [0.15, 0.2) is 5.60 Å². The maximum atomic E-state index is 11.8. The summed E-state index contributed by atoms with van der Waals surface area (Å²) in [6, 6.07) is 5.27. The predicted octanol–water partition coefficient (Wildman–Crippen LogP) is 2.14. The van der Waals surface area contributed by atoms with Gasteiger partial charge in [0.05, 0.1) is 5.69 Å². The zero-order valence-corrected chi connectivity index (χ0v) is 10.7. The van der Waals surface area contributed by atoms with Crippen LogP contribution in [0, 0.1) is 0 Å². The van der Waals surface area contributed by atoms with E-state index in [1.54, 1.807) is 39.0 Å². The van der Waals surface area contributed by atoms with E-state index in [-0.39, 0.29) is 11.8 Å². The van der Waals surface area contributed by atoms with Crippen molar-refractivity contribution in [3.05, 3.63) is 18.2 Å². The highest BCUT2D eigenvalue weighted by Gasteiger charge is 2.36. The summed E-state index contributed by atoms with van der Waals surface area (Å²) in [5.74, 6) is 0.226. The molecule has 5 heteroatoms. The highest BCUT2D eigenvalue weighted by atomic mass is 16.5. The Morgan fingerprint density at radius 2 is 2.17 bits per heavy atom. The maximum absolute atomic E-state index is 11.8.